The topological polar surface area (TPSA) is 58.6 Å². The normalized spacial score (nSPS) is 16.6. The molecule has 27 heavy (non-hydrogen) atoms. The molecule has 0 aliphatic carbocycles. The molecule has 1 fully saturated rings. The Bertz CT molecular complexity index is 725. The number of rotatable bonds is 7. The molecule has 1 saturated heterocycles. The van der Waals surface area contributed by atoms with Gasteiger partial charge in [-0.1, -0.05) is 36.4 Å². The smallest absolute Gasteiger partial charge is 0.309 e. The summed E-state index contributed by atoms with van der Waals surface area (Å²) < 4.78 is 5.11. The number of nitrogens with zero attached hydrogens (tertiary/aromatic N) is 1. The van der Waals surface area contributed by atoms with Crippen LogP contribution in [-0.2, 0) is 14.3 Å². The maximum absolute atomic E-state index is 12.7. The number of ether oxygens (including phenoxy) is 1. The number of nitrogens with one attached hydrogen (secondary N) is 1. The standard InChI is InChI=1S/C21H26N2O3S/c1-2-26-21(25)17-10-12-23(13-11-17)15-19(24)22-20(18-9-6-14-27-18)16-7-4-3-5-8-16/h3-9,14,17,20H,2,10-13,15H2,1H3,(H,22,24)/t20-/m1/s1. The average molecular weight is 387 g/mol. The first-order valence-electron chi connectivity index (χ1n) is 9.44. The number of likely N-dealkylation sites (tertiary alicyclic amines) is 1. The first kappa shape index (κ1) is 19.6. The largest absolute Gasteiger partial charge is 0.466 e. The highest BCUT2D eigenvalue weighted by molar-refractivity contribution is 7.10. The summed E-state index contributed by atoms with van der Waals surface area (Å²) >= 11 is 1.64. The fourth-order valence-electron chi connectivity index (χ4n) is 3.42. The van der Waals surface area contributed by atoms with Crippen molar-refractivity contribution in [2.24, 2.45) is 5.92 Å². The van der Waals surface area contributed by atoms with Gasteiger partial charge in [-0.3, -0.25) is 14.5 Å². The molecule has 5 nitrogen and oxygen atoms in total. The van der Waals surface area contributed by atoms with Gasteiger partial charge in [0.15, 0.2) is 0 Å². The summed E-state index contributed by atoms with van der Waals surface area (Å²) in [6.07, 6.45) is 1.50. The number of carbonyl (C=O) groups excluding carboxylic acids is 2. The van der Waals surface area contributed by atoms with Crippen molar-refractivity contribution < 1.29 is 14.3 Å². The summed E-state index contributed by atoms with van der Waals surface area (Å²) in [4.78, 5) is 27.7. The highest BCUT2D eigenvalue weighted by atomic mass is 32.1. The molecule has 1 aliphatic heterocycles. The van der Waals surface area contributed by atoms with Gasteiger partial charge in [0.2, 0.25) is 5.91 Å². The van der Waals surface area contributed by atoms with Crippen LogP contribution < -0.4 is 5.32 Å². The summed E-state index contributed by atoms with van der Waals surface area (Å²) in [7, 11) is 0. The molecule has 0 radical (unpaired) electrons. The van der Waals surface area contributed by atoms with E-state index < -0.39 is 0 Å². The summed E-state index contributed by atoms with van der Waals surface area (Å²) in [6.45, 7) is 4.08. The lowest BCUT2D eigenvalue weighted by atomic mass is 9.97. The number of hydrogen-bond donors (Lipinski definition) is 1. The molecule has 0 spiro atoms. The second-order valence-corrected chi connectivity index (χ2v) is 7.71. The minimum absolute atomic E-state index is 0.00633. The fourth-order valence-corrected chi connectivity index (χ4v) is 4.22. The van der Waals surface area contributed by atoms with Crippen LogP contribution in [0.15, 0.2) is 47.8 Å². The third kappa shape index (κ3) is 5.40. The van der Waals surface area contributed by atoms with Crippen LogP contribution in [0.4, 0.5) is 0 Å². The predicted octanol–water partition coefficient (Wildman–Crippen LogP) is 3.23. The first-order valence-corrected chi connectivity index (χ1v) is 10.3. The molecule has 1 N–H and O–H groups in total. The highest BCUT2D eigenvalue weighted by Gasteiger charge is 2.27. The average Bonchev–Trinajstić information content (AvgIpc) is 3.22. The zero-order chi connectivity index (χ0) is 19.1. The number of esters is 1. The van der Waals surface area contributed by atoms with Crippen LogP contribution in [0, 0.1) is 5.92 Å². The third-order valence-electron chi connectivity index (χ3n) is 4.84. The maximum atomic E-state index is 12.7. The van der Waals surface area contributed by atoms with Crippen LogP contribution in [-0.4, -0.2) is 43.0 Å². The summed E-state index contributed by atoms with van der Waals surface area (Å²) in [5, 5.41) is 5.20. The van der Waals surface area contributed by atoms with Crippen molar-refractivity contribution in [2.45, 2.75) is 25.8 Å². The Balaban J connectivity index is 1.56. The van der Waals surface area contributed by atoms with Crippen molar-refractivity contribution in [1.82, 2.24) is 10.2 Å². The van der Waals surface area contributed by atoms with Crippen molar-refractivity contribution >= 4 is 23.2 Å². The van der Waals surface area contributed by atoms with Gasteiger partial charge in [-0.15, -0.1) is 11.3 Å². The lowest BCUT2D eigenvalue weighted by molar-refractivity contribution is -0.149. The molecule has 0 saturated carbocycles. The molecule has 144 valence electrons. The SMILES string of the molecule is CCOC(=O)C1CCN(CC(=O)N[C@H](c2ccccc2)c2cccs2)CC1. The molecule has 1 aliphatic rings. The molecule has 1 aromatic heterocycles. The van der Waals surface area contributed by atoms with Gasteiger partial charge in [0.1, 0.15) is 0 Å². The second kappa shape index (κ2) is 9.67. The maximum Gasteiger partial charge on any atom is 0.309 e. The van der Waals surface area contributed by atoms with Crippen LogP contribution >= 0.6 is 11.3 Å². The molecular weight excluding hydrogens is 360 g/mol. The van der Waals surface area contributed by atoms with Gasteiger partial charge in [-0.2, -0.15) is 0 Å². The summed E-state index contributed by atoms with van der Waals surface area (Å²) in [6, 6.07) is 14.0. The molecule has 1 amide bonds. The van der Waals surface area contributed by atoms with E-state index in [1.165, 1.54) is 0 Å². The number of benzene rings is 1. The number of amides is 1. The van der Waals surface area contributed by atoms with E-state index in [1.807, 2.05) is 54.8 Å². The van der Waals surface area contributed by atoms with Gasteiger partial charge in [0, 0.05) is 4.88 Å². The number of hydrogen-bond acceptors (Lipinski definition) is 5. The van der Waals surface area contributed by atoms with Crippen molar-refractivity contribution in [3.63, 3.8) is 0 Å². The molecule has 2 heterocycles. The van der Waals surface area contributed by atoms with E-state index in [1.54, 1.807) is 11.3 Å². The quantitative estimate of drug-likeness (QED) is 0.743. The molecular formula is C21H26N2O3S. The Morgan fingerprint density at radius 1 is 1.19 bits per heavy atom. The van der Waals surface area contributed by atoms with Crippen LogP contribution in [0.5, 0.6) is 0 Å². The molecule has 2 aromatic rings. The Kier molecular flexibility index (Phi) is 7.01. The van der Waals surface area contributed by atoms with E-state index in [0.717, 1.165) is 36.4 Å². The molecule has 1 atom stereocenters. The van der Waals surface area contributed by atoms with Crippen LogP contribution in [0.3, 0.4) is 0 Å². The summed E-state index contributed by atoms with van der Waals surface area (Å²) in [5.41, 5.74) is 1.08. The third-order valence-corrected chi connectivity index (χ3v) is 5.78. The predicted molar refractivity (Wildman–Crippen MR) is 107 cm³/mol. The Hall–Kier alpha value is -2.18. The van der Waals surface area contributed by atoms with Gasteiger partial charge < -0.3 is 10.1 Å². The number of carbonyl (C=O) groups is 2. The Morgan fingerprint density at radius 3 is 2.56 bits per heavy atom. The summed E-state index contributed by atoms with van der Waals surface area (Å²) in [5.74, 6) is -0.136. The minimum Gasteiger partial charge on any atom is -0.466 e. The van der Waals surface area contributed by atoms with E-state index in [-0.39, 0.29) is 23.8 Å². The fraction of sp³-hybridized carbons (Fsp3) is 0.429. The van der Waals surface area contributed by atoms with Crippen molar-refractivity contribution in [3.05, 3.63) is 58.3 Å². The van der Waals surface area contributed by atoms with E-state index >= 15 is 0 Å². The molecule has 3 rings (SSSR count). The number of piperidine rings is 1. The zero-order valence-electron chi connectivity index (χ0n) is 15.6. The lowest BCUT2D eigenvalue weighted by Gasteiger charge is -2.30. The van der Waals surface area contributed by atoms with Crippen LogP contribution in [0.2, 0.25) is 0 Å². The first-order chi connectivity index (χ1) is 13.2. The van der Waals surface area contributed by atoms with Crippen molar-refractivity contribution in [2.75, 3.05) is 26.2 Å². The van der Waals surface area contributed by atoms with E-state index in [0.29, 0.717) is 13.2 Å². The van der Waals surface area contributed by atoms with Crippen LogP contribution in [0.1, 0.15) is 36.2 Å². The van der Waals surface area contributed by atoms with Gasteiger partial charge in [0.25, 0.3) is 0 Å². The van der Waals surface area contributed by atoms with E-state index in [4.69, 9.17) is 4.74 Å². The Labute approximate surface area is 164 Å². The van der Waals surface area contributed by atoms with Gasteiger partial charge in [-0.05, 0) is 49.9 Å². The molecule has 0 bridgehead atoms. The van der Waals surface area contributed by atoms with E-state index in [2.05, 4.69) is 10.2 Å². The molecule has 1 aromatic carbocycles. The highest BCUT2D eigenvalue weighted by Crippen LogP contribution is 2.26. The van der Waals surface area contributed by atoms with Crippen molar-refractivity contribution in [3.8, 4) is 0 Å². The molecule has 0 unspecified atom stereocenters. The van der Waals surface area contributed by atoms with Gasteiger partial charge in [-0.25, -0.2) is 0 Å². The second-order valence-electron chi connectivity index (χ2n) is 6.73. The van der Waals surface area contributed by atoms with Crippen LogP contribution in [0.25, 0.3) is 0 Å². The van der Waals surface area contributed by atoms with Gasteiger partial charge >= 0.3 is 5.97 Å². The van der Waals surface area contributed by atoms with E-state index in [9.17, 15) is 9.59 Å². The lowest BCUT2D eigenvalue weighted by Crippen LogP contribution is -2.43. The van der Waals surface area contributed by atoms with Crippen molar-refractivity contribution in [1.29, 1.82) is 0 Å². The zero-order valence-corrected chi connectivity index (χ0v) is 16.4. The molecule has 6 heteroatoms. The monoisotopic (exact) mass is 386 g/mol. The van der Waals surface area contributed by atoms with Gasteiger partial charge in [0.05, 0.1) is 25.1 Å². The number of thiophene rings is 1. The Morgan fingerprint density at radius 2 is 1.93 bits per heavy atom. The minimum atomic E-state index is -0.129.